The quantitative estimate of drug-likeness (QED) is 0.357. The van der Waals surface area contributed by atoms with Crippen LogP contribution in [0.15, 0.2) is 66.7 Å². The highest BCUT2D eigenvalue weighted by atomic mass is 19.2. The van der Waals surface area contributed by atoms with Gasteiger partial charge >= 0.3 is 0 Å². The molecule has 26 heavy (non-hydrogen) atoms. The average molecular weight is 352 g/mol. The first-order valence-corrected chi connectivity index (χ1v) is 8.49. The minimum atomic E-state index is -1.45. The molecule has 132 valence electrons. The highest BCUT2D eigenvalue weighted by Crippen LogP contribution is 2.21. The minimum Gasteiger partial charge on any atom is -0.204 e. The van der Waals surface area contributed by atoms with Crippen LogP contribution in [-0.4, -0.2) is 0 Å². The molecular formula is C23H19F3. The summed E-state index contributed by atoms with van der Waals surface area (Å²) < 4.78 is 39.4. The van der Waals surface area contributed by atoms with Crippen LogP contribution in [0.5, 0.6) is 0 Å². The van der Waals surface area contributed by atoms with Crippen LogP contribution in [0.4, 0.5) is 13.2 Å². The van der Waals surface area contributed by atoms with Crippen LogP contribution in [-0.2, 0) is 6.42 Å². The van der Waals surface area contributed by atoms with Crippen LogP contribution in [0.3, 0.4) is 0 Å². The summed E-state index contributed by atoms with van der Waals surface area (Å²) in [5.74, 6) is -3.40. The Morgan fingerprint density at radius 3 is 1.96 bits per heavy atom. The van der Waals surface area contributed by atoms with Crippen LogP contribution in [0.1, 0.15) is 35.1 Å². The zero-order valence-electron chi connectivity index (χ0n) is 14.4. The summed E-state index contributed by atoms with van der Waals surface area (Å²) in [5, 5.41) is 0. The summed E-state index contributed by atoms with van der Waals surface area (Å²) in [7, 11) is 0. The zero-order chi connectivity index (χ0) is 18.5. The predicted molar refractivity (Wildman–Crippen MR) is 100 cm³/mol. The summed E-state index contributed by atoms with van der Waals surface area (Å²) >= 11 is 0. The van der Waals surface area contributed by atoms with Crippen molar-refractivity contribution in [2.24, 2.45) is 0 Å². The Hall–Kier alpha value is -2.81. The van der Waals surface area contributed by atoms with Gasteiger partial charge in [0.05, 0.1) is 0 Å². The van der Waals surface area contributed by atoms with Gasteiger partial charge in [-0.1, -0.05) is 73.7 Å². The summed E-state index contributed by atoms with van der Waals surface area (Å²) in [4.78, 5) is 0. The Morgan fingerprint density at radius 2 is 1.35 bits per heavy atom. The fourth-order valence-electron chi connectivity index (χ4n) is 2.88. The van der Waals surface area contributed by atoms with Crippen molar-refractivity contribution in [3.63, 3.8) is 0 Å². The molecule has 0 nitrogen and oxygen atoms in total. The fraction of sp³-hybridized carbons (Fsp3) is 0.130. The highest BCUT2D eigenvalue weighted by Gasteiger charge is 2.09. The van der Waals surface area contributed by atoms with Crippen LogP contribution >= 0.6 is 0 Å². The molecule has 3 rings (SSSR count). The topological polar surface area (TPSA) is 0 Å². The molecule has 1 unspecified atom stereocenters. The lowest BCUT2D eigenvalue weighted by atomic mass is 9.93. The van der Waals surface area contributed by atoms with E-state index in [0.717, 1.165) is 24.1 Å². The normalized spacial score (nSPS) is 12.5. The molecule has 0 fully saturated rings. The maximum Gasteiger partial charge on any atom is 0.194 e. The van der Waals surface area contributed by atoms with E-state index in [-0.39, 0.29) is 5.56 Å². The summed E-state index contributed by atoms with van der Waals surface area (Å²) in [6, 6.07) is 20.3. The lowest BCUT2D eigenvalue weighted by molar-refractivity contribution is 0.447. The number of hydrogen-bond donors (Lipinski definition) is 0. The van der Waals surface area contributed by atoms with Gasteiger partial charge in [-0.25, -0.2) is 13.2 Å². The van der Waals surface area contributed by atoms with Crippen molar-refractivity contribution in [3.8, 4) is 0 Å². The standard InChI is InChI=1S/C23H19F3/c1-16(20-5-3-2-4-6-20)13-18-10-7-17(8-11-18)9-12-19-14-21(24)23(26)22(25)15-19/h2-12,14-16H,13H2,1H3/b12-9+. The third-order valence-corrected chi connectivity index (χ3v) is 4.36. The Morgan fingerprint density at radius 1 is 0.769 bits per heavy atom. The predicted octanol–water partition coefficient (Wildman–Crippen LogP) is 6.62. The second kappa shape index (κ2) is 8.05. The van der Waals surface area contributed by atoms with Crippen LogP contribution in [0.2, 0.25) is 0 Å². The van der Waals surface area contributed by atoms with Crippen molar-refractivity contribution < 1.29 is 13.2 Å². The number of halogens is 3. The van der Waals surface area contributed by atoms with E-state index in [0.29, 0.717) is 5.92 Å². The smallest absolute Gasteiger partial charge is 0.194 e. The van der Waals surface area contributed by atoms with Crippen LogP contribution in [0.25, 0.3) is 12.2 Å². The van der Waals surface area contributed by atoms with Gasteiger partial charge in [-0.05, 0) is 46.7 Å². The van der Waals surface area contributed by atoms with E-state index in [1.165, 1.54) is 11.1 Å². The second-order valence-electron chi connectivity index (χ2n) is 6.39. The number of rotatable bonds is 5. The van der Waals surface area contributed by atoms with Crippen molar-refractivity contribution in [1.29, 1.82) is 0 Å². The first-order chi connectivity index (χ1) is 12.5. The molecule has 0 aromatic heterocycles. The van der Waals surface area contributed by atoms with Crippen molar-refractivity contribution >= 4 is 12.2 Å². The van der Waals surface area contributed by atoms with E-state index in [4.69, 9.17) is 0 Å². The van der Waals surface area contributed by atoms with E-state index in [9.17, 15) is 13.2 Å². The van der Waals surface area contributed by atoms with Gasteiger partial charge in [0.15, 0.2) is 17.5 Å². The first kappa shape index (κ1) is 18.0. The molecule has 3 aromatic rings. The molecule has 0 aliphatic carbocycles. The molecule has 3 aromatic carbocycles. The molecule has 0 spiro atoms. The Labute approximate surface area is 151 Å². The molecule has 0 radical (unpaired) electrons. The lowest BCUT2D eigenvalue weighted by Crippen LogP contribution is -1.98. The second-order valence-corrected chi connectivity index (χ2v) is 6.39. The van der Waals surface area contributed by atoms with Crippen LogP contribution < -0.4 is 0 Å². The SMILES string of the molecule is CC(Cc1ccc(/C=C/c2cc(F)c(F)c(F)c2)cc1)c1ccccc1. The third-order valence-electron chi connectivity index (χ3n) is 4.36. The van der Waals surface area contributed by atoms with Gasteiger partial charge in [-0.3, -0.25) is 0 Å². The van der Waals surface area contributed by atoms with Gasteiger partial charge in [0.1, 0.15) is 0 Å². The molecule has 0 aliphatic rings. The molecule has 0 heterocycles. The van der Waals surface area contributed by atoms with Crippen molar-refractivity contribution in [2.75, 3.05) is 0 Å². The van der Waals surface area contributed by atoms with Crippen molar-refractivity contribution in [1.82, 2.24) is 0 Å². The van der Waals surface area contributed by atoms with E-state index in [1.807, 2.05) is 42.5 Å². The van der Waals surface area contributed by atoms with Crippen molar-refractivity contribution in [3.05, 3.63) is 106 Å². The van der Waals surface area contributed by atoms with Gasteiger partial charge in [-0.2, -0.15) is 0 Å². The van der Waals surface area contributed by atoms with Gasteiger partial charge in [0.25, 0.3) is 0 Å². The fourth-order valence-corrected chi connectivity index (χ4v) is 2.88. The molecule has 0 amide bonds. The average Bonchev–Trinajstić information content (AvgIpc) is 2.66. The Kier molecular flexibility index (Phi) is 5.57. The van der Waals surface area contributed by atoms with Gasteiger partial charge < -0.3 is 0 Å². The van der Waals surface area contributed by atoms with Gasteiger partial charge in [0, 0.05) is 0 Å². The Bertz CT molecular complexity index is 873. The molecule has 0 bridgehead atoms. The maximum absolute atomic E-state index is 13.2. The van der Waals surface area contributed by atoms with E-state index < -0.39 is 17.5 Å². The van der Waals surface area contributed by atoms with Crippen LogP contribution in [0, 0.1) is 17.5 Å². The lowest BCUT2D eigenvalue weighted by Gasteiger charge is -2.12. The maximum atomic E-state index is 13.2. The molecular weight excluding hydrogens is 333 g/mol. The summed E-state index contributed by atoms with van der Waals surface area (Å²) in [6.45, 7) is 2.20. The summed E-state index contributed by atoms with van der Waals surface area (Å²) in [5.41, 5.74) is 3.71. The third kappa shape index (κ3) is 4.42. The largest absolute Gasteiger partial charge is 0.204 e. The number of hydrogen-bond acceptors (Lipinski definition) is 0. The zero-order valence-corrected chi connectivity index (χ0v) is 14.4. The van der Waals surface area contributed by atoms with E-state index in [1.54, 1.807) is 12.2 Å². The Balaban J connectivity index is 1.68. The molecule has 0 saturated heterocycles. The molecule has 0 aliphatic heterocycles. The first-order valence-electron chi connectivity index (χ1n) is 8.49. The van der Waals surface area contributed by atoms with Gasteiger partial charge in [-0.15, -0.1) is 0 Å². The van der Waals surface area contributed by atoms with Crippen molar-refractivity contribution in [2.45, 2.75) is 19.3 Å². The minimum absolute atomic E-state index is 0.281. The molecule has 1 atom stereocenters. The summed E-state index contributed by atoms with van der Waals surface area (Å²) in [6.07, 6.45) is 4.24. The highest BCUT2D eigenvalue weighted by molar-refractivity contribution is 5.69. The van der Waals surface area contributed by atoms with E-state index in [2.05, 4.69) is 19.1 Å². The number of benzene rings is 3. The van der Waals surface area contributed by atoms with Gasteiger partial charge in [0.2, 0.25) is 0 Å². The molecule has 0 N–H and O–H groups in total. The van der Waals surface area contributed by atoms with E-state index >= 15 is 0 Å². The molecule has 3 heteroatoms. The monoisotopic (exact) mass is 352 g/mol. The molecule has 0 saturated carbocycles.